The van der Waals surface area contributed by atoms with Crippen LogP contribution in [0.4, 0.5) is 0 Å². The van der Waals surface area contributed by atoms with E-state index in [4.69, 9.17) is 0 Å². The summed E-state index contributed by atoms with van der Waals surface area (Å²) in [5.41, 5.74) is 9.54. The van der Waals surface area contributed by atoms with Gasteiger partial charge in [-0.15, -0.1) is 0 Å². The molecule has 0 saturated carbocycles. The second-order valence-corrected chi connectivity index (χ2v) is 11.1. The van der Waals surface area contributed by atoms with Crippen molar-refractivity contribution in [2.45, 2.75) is 44.9 Å². The van der Waals surface area contributed by atoms with Gasteiger partial charge < -0.3 is 9.55 Å². The number of hydrogen-bond donors (Lipinski definition) is 1. The summed E-state index contributed by atoms with van der Waals surface area (Å²) >= 11 is 0. The summed E-state index contributed by atoms with van der Waals surface area (Å²) in [6, 6.07) is 29.0. The molecule has 0 bridgehead atoms. The van der Waals surface area contributed by atoms with Crippen LogP contribution in [0.1, 0.15) is 45.2 Å². The monoisotopic (exact) mass is 428 g/mol. The van der Waals surface area contributed by atoms with Crippen molar-refractivity contribution in [1.82, 2.24) is 9.55 Å². The number of rotatable bonds is 1. The van der Waals surface area contributed by atoms with E-state index in [0.29, 0.717) is 0 Å². The number of H-pyrrole nitrogens is 1. The number of aromatic amines is 1. The minimum atomic E-state index is 0.113. The third-order valence-electron chi connectivity index (χ3n) is 7.89. The van der Waals surface area contributed by atoms with Gasteiger partial charge in [-0.2, -0.15) is 0 Å². The van der Waals surface area contributed by atoms with Crippen LogP contribution in [0, 0.1) is 0 Å². The molecule has 0 fully saturated rings. The molecule has 2 nitrogen and oxygen atoms in total. The molecule has 1 aliphatic rings. The largest absolute Gasteiger partial charge is 0.353 e. The number of nitrogens with one attached hydrogen (secondary N) is 1. The van der Waals surface area contributed by atoms with Gasteiger partial charge >= 0.3 is 0 Å². The molecule has 0 aliphatic heterocycles. The first kappa shape index (κ1) is 19.0. The molecule has 0 saturated heterocycles. The Kier molecular flexibility index (Phi) is 3.50. The number of benzene rings is 4. The number of para-hydroxylation sites is 2. The molecule has 2 heterocycles. The van der Waals surface area contributed by atoms with Gasteiger partial charge in [-0.1, -0.05) is 88.4 Å². The third kappa shape index (κ3) is 2.39. The van der Waals surface area contributed by atoms with Gasteiger partial charge in [0.15, 0.2) is 0 Å². The predicted octanol–water partition coefficient (Wildman–Crippen LogP) is 8.38. The fraction of sp³-hybridized carbons (Fsp3) is 0.226. The summed E-state index contributed by atoms with van der Waals surface area (Å²) in [5.74, 6) is 0. The van der Waals surface area contributed by atoms with Crippen LogP contribution in [0.2, 0.25) is 0 Å². The maximum atomic E-state index is 3.78. The topological polar surface area (TPSA) is 20.7 Å². The second kappa shape index (κ2) is 6.08. The highest BCUT2D eigenvalue weighted by molar-refractivity contribution is 6.22. The van der Waals surface area contributed by atoms with E-state index in [2.05, 4.69) is 116 Å². The van der Waals surface area contributed by atoms with E-state index >= 15 is 0 Å². The van der Waals surface area contributed by atoms with Crippen molar-refractivity contribution >= 4 is 43.6 Å². The van der Waals surface area contributed by atoms with Crippen LogP contribution in [0.25, 0.3) is 49.3 Å². The number of aromatic nitrogens is 2. The highest BCUT2D eigenvalue weighted by Gasteiger charge is 2.43. The van der Waals surface area contributed by atoms with Gasteiger partial charge in [-0.25, -0.2) is 0 Å². The molecule has 33 heavy (non-hydrogen) atoms. The van der Waals surface area contributed by atoms with Crippen LogP contribution in [-0.2, 0) is 10.8 Å². The molecule has 0 atom stereocenters. The van der Waals surface area contributed by atoms with Crippen LogP contribution in [0.3, 0.4) is 0 Å². The summed E-state index contributed by atoms with van der Waals surface area (Å²) < 4.78 is 2.53. The molecule has 1 N–H and O–H groups in total. The molecule has 4 aromatic carbocycles. The van der Waals surface area contributed by atoms with Crippen molar-refractivity contribution in [1.29, 1.82) is 0 Å². The summed E-state index contributed by atoms with van der Waals surface area (Å²) in [6.45, 7) is 9.62. The molecule has 2 heteroatoms. The Morgan fingerprint density at radius 2 is 1.39 bits per heavy atom. The molecule has 7 rings (SSSR count). The van der Waals surface area contributed by atoms with Gasteiger partial charge in [-0.05, 0) is 46.6 Å². The maximum absolute atomic E-state index is 3.78. The standard InChI is InChI=1S/C31H28N2/c1-30(2)18-31(3,4)27-23(30)12-9-15-26(27)33-25-14-8-6-11-20(25)22-17-16-21-19-10-5-7-13-24(19)32-28(21)29(22)33/h5-17,32H,18H2,1-4H3. The van der Waals surface area contributed by atoms with Gasteiger partial charge in [0.2, 0.25) is 0 Å². The van der Waals surface area contributed by atoms with Crippen LogP contribution in [0.5, 0.6) is 0 Å². The maximum Gasteiger partial charge on any atom is 0.0783 e. The van der Waals surface area contributed by atoms with Crippen molar-refractivity contribution in [2.75, 3.05) is 0 Å². The Balaban J connectivity index is 1.72. The number of nitrogens with zero attached hydrogens (tertiary/aromatic N) is 1. The molecule has 162 valence electrons. The van der Waals surface area contributed by atoms with E-state index in [1.54, 1.807) is 0 Å². The van der Waals surface area contributed by atoms with Crippen LogP contribution < -0.4 is 0 Å². The lowest BCUT2D eigenvalue weighted by atomic mass is 9.81. The molecule has 2 aromatic heterocycles. The van der Waals surface area contributed by atoms with Crippen molar-refractivity contribution in [3.63, 3.8) is 0 Å². The molecule has 0 amide bonds. The summed E-state index contributed by atoms with van der Waals surface area (Å²) in [4.78, 5) is 3.78. The van der Waals surface area contributed by atoms with E-state index in [1.165, 1.54) is 60.4 Å². The minimum Gasteiger partial charge on any atom is -0.353 e. The highest BCUT2D eigenvalue weighted by Crippen LogP contribution is 2.52. The minimum absolute atomic E-state index is 0.113. The Bertz CT molecular complexity index is 1740. The Morgan fingerprint density at radius 1 is 0.667 bits per heavy atom. The SMILES string of the molecule is CC1(C)CC(C)(C)c2c(-n3c4ccccc4c4ccc5c6ccccc6[nH]c5c43)cccc21. The number of hydrogen-bond acceptors (Lipinski definition) is 0. The first-order valence-corrected chi connectivity index (χ1v) is 11.9. The normalized spacial score (nSPS) is 16.8. The van der Waals surface area contributed by atoms with E-state index < -0.39 is 0 Å². The zero-order valence-corrected chi connectivity index (χ0v) is 19.7. The van der Waals surface area contributed by atoms with Crippen LogP contribution in [0.15, 0.2) is 78.9 Å². The molecule has 0 unspecified atom stereocenters. The molecule has 0 spiro atoms. The smallest absolute Gasteiger partial charge is 0.0783 e. The highest BCUT2D eigenvalue weighted by atomic mass is 15.0. The Hall–Kier alpha value is -3.52. The summed E-state index contributed by atoms with van der Waals surface area (Å²) in [7, 11) is 0. The van der Waals surface area contributed by atoms with Crippen LogP contribution in [-0.4, -0.2) is 9.55 Å². The van der Waals surface area contributed by atoms with Crippen molar-refractivity contribution < 1.29 is 0 Å². The molecule has 6 aromatic rings. The quantitative estimate of drug-likeness (QED) is 0.271. The van der Waals surface area contributed by atoms with Crippen LogP contribution >= 0.6 is 0 Å². The number of fused-ring (bicyclic) bond motifs is 8. The van der Waals surface area contributed by atoms with Crippen molar-refractivity contribution in [3.05, 3.63) is 90.0 Å². The fourth-order valence-electron chi connectivity index (χ4n) is 6.91. The zero-order valence-electron chi connectivity index (χ0n) is 19.7. The molecule has 1 aliphatic carbocycles. The van der Waals surface area contributed by atoms with Gasteiger partial charge in [0, 0.05) is 27.1 Å². The van der Waals surface area contributed by atoms with Gasteiger partial charge in [-0.3, -0.25) is 0 Å². The van der Waals surface area contributed by atoms with Gasteiger partial charge in [0.05, 0.1) is 22.2 Å². The lowest BCUT2D eigenvalue weighted by Gasteiger charge is -2.24. The first-order chi connectivity index (χ1) is 15.9. The van der Waals surface area contributed by atoms with Crippen molar-refractivity contribution in [3.8, 4) is 5.69 Å². The molecule has 0 radical (unpaired) electrons. The zero-order chi connectivity index (χ0) is 22.5. The Morgan fingerprint density at radius 3 is 2.24 bits per heavy atom. The molecular formula is C31H28N2. The summed E-state index contributed by atoms with van der Waals surface area (Å²) in [5, 5.41) is 5.18. The van der Waals surface area contributed by atoms with Gasteiger partial charge in [0.1, 0.15) is 0 Å². The fourth-order valence-corrected chi connectivity index (χ4v) is 6.91. The van der Waals surface area contributed by atoms with E-state index in [-0.39, 0.29) is 10.8 Å². The molecular weight excluding hydrogens is 400 g/mol. The Labute approximate surface area is 193 Å². The summed E-state index contributed by atoms with van der Waals surface area (Å²) in [6.07, 6.45) is 1.16. The van der Waals surface area contributed by atoms with E-state index in [1.807, 2.05) is 0 Å². The average molecular weight is 429 g/mol. The van der Waals surface area contributed by atoms with Gasteiger partial charge in [0.25, 0.3) is 0 Å². The van der Waals surface area contributed by atoms with E-state index in [0.717, 1.165) is 6.42 Å². The first-order valence-electron chi connectivity index (χ1n) is 11.9. The lowest BCUT2D eigenvalue weighted by Crippen LogP contribution is -2.18. The predicted molar refractivity (Wildman–Crippen MR) is 141 cm³/mol. The second-order valence-electron chi connectivity index (χ2n) is 11.1. The van der Waals surface area contributed by atoms with E-state index in [9.17, 15) is 0 Å². The lowest BCUT2D eigenvalue weighted by molar-refractivity contribution is 0.403. The van der Waals surface area contributed by atoms with Crippen molar-refractivity contribution in [2.24, 2.45) is 0 Å². The third-order valence-corrected chi connectivity index (χ3v) is 7.89. The average Bonchev–Trinajstić information content (AvgIpc) is 3.39.